The standard InChI is InChI=1S/C14H19ClO2/c1-3-4-5-6-7-13(16)12-10-11(15)8-9-14(12)17-2/h8-10H,3-7H2,1-2H3. The molecule has 0 heterocycles. The summed E-state index contributed by atoms with van der Waals surface area (Å²) in [7, 11) is 1.57. The van der Waals surface area contributed by atoms with E-state index in [-0.39, 0.29) is 5.78 Å². The van der Waals surface area contributed by atoms with Gasteiger partial charge in [-0.05, 0) is 24.6 Å². The van der Waals surface area contributed by atoms with Crippen LogP contribution in [0.2, 0.25) is 5.02 Å². The molecule has 2 nitrogen and oxygen atoms in total. The second-order valence-corrected chi connectivity index (χ2v) is 4.51. The molecule has 0 aliphatic heterocycles. The minimum atomic E-state index is 0.112. The van der Waals surface area contributed by atoms with Crippen LogP contribution in [0.3, 0.4) is 0 Å². The molecule has 0 radical (unpaired) electrons. The molecule has 3 heteroatoms. The lowest BCUT2D eigenvalue weighted by Gasteiger charge is -2.07. The number of ether oxygens (including phenoxy) is 1. The molecule has 0 saturated carbocycles. The molecule has 0 unspecified atom stereocenters. The van der Waals surface area contributed by atoms with Crippen molar-refractivity contribution >= 4 is 17.4 Å². The predicted octanol–water partition coefficient (Wildman–Crippen LogP) is 4.50. The van der Waals surface area contributed by atoms with Crippen molar-refractivity contribution in [3.8, 4) is 5.75 Å². The van der Waals surface area contributed by atoms with E-state index in [9.17, 15) is 4.79 Å². The maximum atomic E-state index is 12.0. The molecule has 0 saturated heterocycles. The summed E-state index contributed by atoms with van der Waals surface area (Å²) in [6, 6.07) is 5.15. The fraction of sp³-hybridized carbons (Fsp3) is 0.500. The lowest BCUT2D eigenvalue weighted by molar-refractivity contribution is 0.0976. The van der Waals surface area contributed by atoms with Gasteiger partial charge in [-0.15, -0.1) is 0 Å². The van der Waals surface area contributed by atoms with Gasteiger partial charge in [-0.1, -0.05) is 37.8 Å². The Morgan fingerprint density at radius 2 is 2.06 bits per heavy atom. The van der Waals surface area contributed by atoms with E-state index in [0.717, 1.165) is 12.8 Å². The quantitative estimate of drug-likeness (QED) is 0.529. The van der Waals surface area contributed by atoms with Crippen molar-refractivity contribution in [2.45, 2.75) is 39.0 Å². The molecule has 0 amide bonds. The highest BCUT2D eigenvalue weighted by atomic mass is 35.5. The van der Waals surface area contributed by atoms with E-state index in [4.69, 9.17) is 16.3 Å². The summed E-state index contributed by atoms with van der Waals surface area (Å²) < 4.78 is 5.17. The molecule has 0 spiro atoms. The van der Waals surface area contributed by atoms with Crippen molar-refractivity contribution in [2.24, 2.45) is 0 Å². The van der Waals surface area contributed by atoms with Gasteiger partial charge >= 0.3 is 0 Å². The molecule has 0 atom stereocenters. The van der Waals surface area contributed by atoms with Crippen molar-refractivity contribution < 1.29 is 9.53 Å². The summed E-state index contributed by atoms with van der Waals surface area (Å²) in [5.74, 6) is 0.718. The highest BCUT2D eigenvalue weighted by Gasteiger charge is 2.12. The number of rotatable bonds is 7. The van der Waals surface area contributed by atoms with Gasteiger partial charge in [0.15, 0.2) is 5.78 Å². The molecule has 0 aliphatic carbocycles. The summed E-state index contributed by atoms with van der Waals surface area (Å²) in [6.07, 6.45) is 4.96. The third-order valence-electron chi connectivity index (χ3n) is 2.72. The third-order valence-corrected chi connectivity index (χ3v) is 2.95. The predicted molar refractivity (Wildman–Crippen MR) is 71.1 cm³/mol. The molecule has 1 aromatic rings. The first-order valence-electron chi connectivity index (χ1n) is 6.05. The van der Waals surface area contributed by atoms with E-state index in [1.54, 1.807) is 25.3 Å². The van der Waals surface area contributed by atoms with E-state index in [1.165, 1.54) is 12.8 Å². The van der Waals surface area contributed by atoms with E-state index in [1.807, 2.05) is 0 Å². The van der Waals surface area contributed by atoms with Crippen LogP contribution in [0.25, 0.3) is 0 Å². The molecule has 0 aromatic heterocycles. The van der Waals surface area contributed by atoms with Gasteiger partial charge in [0.25, 0.3) is 0 Å². The van der Waals surface area contributed by atoms with Crippen molar-refractivity contribution in [3.05, 3.63) is 28.8 Å². The summed E-state index contributed by atoms with van der Waals surface area (Å²) in [5, 5.41) is 0.572. The van der Waals surface area contributed by atoms with Crippen LogP contribution in [0.5, 0.6) is 5.75 Å². The van der Waals surface area contributed by atoms with Crippen molar-refractivity contribution in [1.29, 1.82) is 0 Å². The van der Waals surface area contributed by atoms with Crippen LogP contribution in [-0.2, 0) is 0 Å². The van der Waals surface area contributed by atoms with Crippen LogP contribution in [0.4, 0.5) is 0 Å². The van der Waals surface area contributed by atoms with Gasteiger partial charge < -0.3 is 4.74 Å². The number of methoxy groups -OCH3 is 1. The first-order valence-corrected chi connectivity index (χ1v) is 6.43. The summed E-state index contributed by atoms with van der Waals surface area (Å²) in [4.78, 5) is 12.0. The van der Waals surface area contributed by atoms with Gasteiger partial charge in [0.05, 0.1) is 12.7 Å². The van der Waals surface area contributed by atoms with Gasteiger partial charge in [-0.2, -0.15) is 0 Å². The van der Waals surface area contributed by atoms with Crippen LogP contribution < -0.4 is 4.74 Å². The first-order chi connectivity index (χ1) is 8.19. The van der Waals surface area contributed by atoms with Gasteiger partial charge in [-0.25, -0.2) is 0 Å². The number of unbranched alkanes of at least 4 members (excludes halogenated alkanes) is 3. The van der Waals surface area contributed by atoms with E-state index >= 15 is 0 Å². The average molecular weight is 255 g/mol. The molecule has 0 bridgehead atoms. The van der Waals surface area contributed by atoms with Crippen molar-refractivity contribution in [1.82, 2.24) is 0 Å². The largest absolute Gasteiger partial charge is 0.496 e. The van der Waals surface area contributed by atoms with Crippen LogP contribution in [0.15, 0.2) is 18.2 Å². The number of benzene rings is 1. The lowest BCUT2D eigenvalue weighted by Crippen LogP contribution is -2.02. The normalized spacial score (nSPS) is 10.3. The molecule has 0 fully saturated rings. The van der Waals surface area contributed by atoms with E-state index in [2.05, 4.69) is 6.92 Å². The number of carbonyl (C=O) groups excluding carboxylic acids is 1. The molecular formula is C14H19ClO2. The van der Waals surface area contributed by atoms with Crippen molar-refractivity contribution in [2.75, 3.05) is 7.11 Å². The SMILES string of the molecule is CCCCCCC(=O)c1cc(Cl)ccc1OC. The number of hydrogen-bond donors (Lipinski definition) is 0. The Morgan fingerprint density at radius 1 is 1.29 bits per heavy atom. The molecule has 1 rings (SSSR count). The Hall–Kier alpha value is -1.02. The van der Waals surface area contributed by atoms with Gasteiger partial charge in [0.1, 0.15) is 5.75 Å². The third kappa shape index (κ3) is 4.39. The Bertz CT molecular complexity index is 374. The van der Waals surface area contributed by atoms with E-state index in [0.29, 0.717) is 22.8 Å². The molecule has 0 aliphatic rings. The summed E-state index contributed by atoms with van der Waals surface area (Å²) in [5.41, 5.74) is 0.594. The zero-order chi connectivity index (χ0) is 12.7. The molecular weight excluding hydrogens is 236 g/mol. The fourth-order valence-electron chi connectivity index (χ4n) is 1.75. The highest BCUT2D eigenvalue weighted by molar-refractivity contribution is 6.31. The molecule has 94 valence electrons. The average Bonchev–Trinajstić information content (AvgIpc) is 2.34. The smallest absolute Gasteiger partial charge is 0.166 e. The number of hydrogen-bond acceptors (Lipinski definition) is 2. The van der Waals surface area contributed by atoms with E-state index < -0.39 is 0 Å². The number of carbonyl (C=O) groups is 1. The van der Waals surface area contributed by atoms with Gasteiger partial charge in [0.2, 0.25) is 0 Å². The fourth-order valence-corrected chi connectivity index (χ4v) is 1.92. The Kier molecular flexibility index (Phi) is 6.06. The Balaban J connectivity index is 2.64. The minimum absolute atomic E-state index is 0.112. The highest BCUT2D eigenvalue weighted by Crippen LogP contribution is 2.24. The maximum absolute atomic E-state index is 12.0. The van der Waals surface area contributed by atoms with Gasteiger partial charge in [-0.3, -0.25) is 4.79 Å². The van der Waals surface area contributed by atoms with Crippen LogP contribution in [0.1, 0.15) is 49.4 Å². The van der Waals surface area contributed by atoms with Crippen LogP contribution in [0, 0.1) is 0 Å². The second kappa shape index (κ2) is 7.33. The van der Waals surface area contributed by atoms with Crippen LogP contribution >= 0.6 is 11.6 Å². The molecule has 17 heavy (non-hydrogen) atoms. The number of halogens is 1. The van der Waals surface area contributed by atoms with Gasteiger partial charge in [0, 0.05) is 11.4 Å². The van der Waals surface area contributed by atoms with Crippen molar-refractivity contribution in [3.63, 3.8) is 0 Å². The zero-order valence-electron chi connectivity index (χ0n) is 10.5. The Labute approximate surface area is 108 Å². The summed E-state index contributed by atoms with van der Waals surface area (Å²) >= 11 is 5.89. The number of ketones is 1. The molecule has 1 aromatic carbocycles. The lowest BCUT2D eigenvalue weighted by atomic mass is 10.0. The zero-order valence-corrected chi connectivity index (χ0v) is 11.2. The number of Topliss-reactive ketones (excluding diaryl/α,β-unsaturated/α-hetero) is 1. The molecule has 0 N–H and O–H groups in total. The topological polar surface area (TPSA) is 26.3 Å². The first kappa shape index (κ1) is 14.0. The minimum Gasteiger partial charge on any atom is -0.496 e. The maximum Gasteiger partial charge on any atom is 0.166 e. The second-order valence-electron chi connectivity index (χ2n) is 4.08. The Morgan fingerprint density at radius 3 is 2.71 bits per heavy atom. The monoisotopic (exact) mass is 254 g/mol. The summed E-state index contributed by atoms with van der Waals surface area (Å²) in [6.45, 7) is 2.15. The van der Waals surface area contributed by atoms with Crippen LogP contribution in [-0.4, -0.2) is 12.9 Å².